The minimum atomic E-state index is -3.30. The summed E-state index contributed by atoms with van der Waals surface area (Å²) in [6.07, 6.45) is 3.14. The minimum Gasteiger partial charge on any atom is -0.396 e. The van der Waals surface area contributed by atoms with Gasteiger partial charge in [-0.1, -0.05) is 30.3 Å². The quantitative estimate of drug-likeness (QED) is 0.875. The van der Waals surface area contributed by atoms with Crippen molar-refractivity contribution in [1.29, 1.82) is 0 Å². The third kappa shape index (κ3) is 3.40. The first kappa shape index (κ1) is 15.5. The van der Waals surface area contributed by atoms with Crippen LogP contribution in [0.15, 0.2) is 30.3 Å². The van der Waals surface area contributed by atoms with Gasteiger partial charge in [0.15, 0.2) is 0 Å². The SMILES string of the molecule is CC1(CCCO)CCCN1S(=O)(=O)Cc1ccccc1. The van der Waals surface area contributed by atoms with E-state index in [0.717, 1.165) is 24.8 Å². The van der Waals surface area contributed by atoms with Crippen LogP contribution in [0.5, 0.6) is 0 Å². The summed E-state index contributed by atoms with van der Waals surface area (Å²) in [6, 6.07) is 9.30. The van der Waals surface area contributed by atoms with Crippen LogP contribution in [0.1, 0.15) is 38.2 Å². The van der Waals surface area contributed by atoms with E-state index in [4.69, 9.17) is 5.11 Å². The second-order valence-corrected chi connectivity index (χ2v) is 7.63. The number of aliphatic hydroxyl groups is 1. The van der Waals surface area contributed by atoms with Gasteiger partial charge in [-0.2, -0.15) is 4.31 Å². The van der Waals surface area contributed by atoms with Crippen molar-refractivity contribution < 1.29 is 13.5 Å². The summed E-state index contributed by atoms with van der Waals surface area (Å²) in [5, 5.41) is 9.00. The lowest BCUT2D eigenvalue weighted by Gasteiger charge is -2.34. The van der Waals surface area contributed by atoms with Crippen molar-refractivity contribution in [3.63, 3.8) is 0 Å². The van der Waals surface area contributed by atoms with E-state index < -0.39 is 10.0 Å². The highest BCUT2D eigenvalue weighted by Crippen LogP contribution is 2.36. The maximum Gasteiger partial charge on any atom is 0.218 e. The molecule has 0 saturated carbocycles. The Kier molecular flexibility index (Phi) is 4.83. The van der Waals surface area contributed by atoms with Gasteiger partial charge in [0.05, 0.1) is 5.75 Å². The van der Waals surface area contributed by atoms with Crippen molar-refractivity contribution in [2.75, 3.05) is 13.2 Å². The summed E-state index contributed by atoms with van der Waals surface area (Å²) >= 11 is 0. The molecule has 0 aromatic heterocycles. The standard InChI is InChI=1S/C15H23NO3S/c1-15(10-6-12-17)9-5-11-16(15)20(18,19)13-14-7-3-2-4-8-14/h2-4,7-8,17H,5-6,9-13H2,1H3. The number of aliphatic hydroxyl groups excluding tert-OH is 1. The number of sulfonamides is 1. The minimum absolute atomic E-state index is 0.0581. The molecule has 2 rings (SSSR count). The topological polar surface area (TPSA) is 57.6 Å². The zero-order chi connectivity index (χ0) is 14.6. The zero-order valence-electron chi connectivity index (χ0n) is 12.0. The van der Waals surface area contributed by atoms with Gasteiger partial charge in [0, 0.05) is 18.7 Å². The molecule has 1 heterocycles. The molecule has 1 saturated heterocycles. The maximum atomic E-state index is 12.6. The van der Waals surface area contributed by atoms with Crippen LogP contribution in [0, 0.1) is 0 Å². The molecular formula is C15H23NO3S. The molecule has 20 heavy (non-hydrogen) atoms. The lowest BCUT2D eigenvalue weighted by atomic mass is 9.94. The Balaban J connectivity index is 2.16. The van der Waals surface area contributed by atoms with Crippen LogP contribution in [-0.2, 0) is 15.8 Å². The van der Waals surface area contributed by atoms with Gasteiger partial charge in [-0.05, 0) is 38.2 Å². The molecule has 112 valence electrons. The Bertz CT molecular complexity index is 529. The van der Waals surface area contributed by atoms with Gasteiger partial charge in [-0.15, -0.1) is 0 Å². The smallest absolute Gasteiger partial charge is 0.218 e. The summed E-state index contributed by atoms with van der Waals surface area (Å²) in [5.41, 5.74) is 0.486. The number of hydrogen-bond donors (Lipinski definition) is 1. The van der Waals surface area contributed by atoms with Gasteiger partial charge in [0.25, 0.3) is 0 Å². The van der Waals surface area contributed by atoms with E-state index in [1.807, 2.05) is 37.3 Å². The van der Waals surface area contributed by atoms with E-state index in [1.54, 1.807) is 4.31 Å². The summed E-state index contributed by atoms with van der Waals surface area (Å²) in [7, 11) is -3.30. The van der Waals surface area contributed by atoms with Crippen molar-refractivity contribution in [2.24, 2.45) is 0 Å². The van der Waals surface area contributed by atoms with Gasteiger partial charge in [-0.3, -0.25) is 0 Å². The fraction of sp³-hybridized carbons (Fsp3) is 0.600. The molecule has 0 radical (unpaired) electrons. The number of nitrogens with zero attached hydrogens (tertiary/aromatic N) is 1. The van der Waals surface area contributed by atoms with E-state index in [1.165, 1.54) is 0 Å². The van der Waals surface area contributed by atoms with Crippen LogP contribution in [0.25, 0.3) is 0 Å². The molecule has 0 amide bonds. The van der Waals surface area contributed by atoms with Crippen LogP contribution in [0.3, 0.4) is 0 Å². The molecule has 1 atom stereocenters. The molecule has 1 unspecified atom stereocenters. The Morgan fingerprint density at radius 2 is 2.00 bits per heavy atom. The predicted molar refractivity (Wildman–Crippen MR) is 79.7 cm³/mol. The molecule has 1 fully saturated rings. The summed E-state index contributed by atoms with van der Waals surface area (Å²) in [5.74, 6) is 0.0581. The second-order valence-electron chi connectivity index (χ2n) is 5.74. The van der Waals surface area contributed by atoms with E-state index in [0.29, 0.717) is 13.0 Å². The van der Waals surface area contributed by atoms with Crippen molar-refractivity contribution in [3.8, 4) is 0 Å². The van der Waals surface area contributed by atoms with Crippen molar-refractivity contribution in [1.82, 2.24) is 4.31 Å². The van der Waals surface area contributed by atoms with Crippen LogP contribution >= 0.6 is 0 Å². The highest BCUT2D eigenvalue weighted by molar-refractivity contribution is 7.88. The molecule has 0 aliphatic carbocycles. The summed E-state index contributed by atoms with van der Waals surface area (Å²) < 4.78 is 26.9. The summed E-state index contributed by atoms with van der Waals surface area (Å²) in [4.78, 5) is 0. The van der Waals surface area contributed by atoms with E-state index in [2.05, 4.69) is 0 Å². The monoisotopic (exact) mass is 297 g/mol. The molecule has 0 bridgehead atoms. The van der Waals surface area contributed by atoms with Crippen LogP contribution in [0.4, 0.5) is 0 Å². The average molecular weight is 297 g/mol. The number of hydrogen-bond acceptors (Lipinski definition) is 3. The van der Waals surface area contributed by atoms with Gasteiger partial charge in [0.1, 0.15) is 0 Å². The third-order valence-corrected chi connectivity index (χ3v) is 6.07. The fourth-order valence-electron chi connectivity index (χ4n) is 3.05. The molecule has 5 heteroatoms. The van der Waals surface area contributed by atoms with Crippen molar-refractivity contribution in [3.05, 3.63) is 35.9 Å². The Labute approximate surface area is 121 Å². The largest absolute Gasteiger partial charge is 0.396 e. The van der Waals surface area contributed by atoms with Crippen LogP contribution in [0.2, 0.25) is 0 Å². The van der Waals surface area contributed by atoms with Gasteiger partial charge < -0.3 is 5.11 Å². The Morgan fingerprint density at radius 3 is 2.65 bits per heavy atom. The second kappa shape index (κ2) is 6.24. The number of rotatable bonds is 6. The van der Waals surface area contributed by atoms with E-state index in [9.17, 15) is 8.42 Å². The highest BCUT2D eigenvalue weighted by atomic mass is 32.2. The van der Waals surface area contributed by atoms with Gasteiger partial charge in [-0.25, -0.2) is 8.42 Å². The Morgan fingerprint density at radius 1 is 1.30 bits per heavy atom. The highest BCUT2D eigenvalue weighted by Gasteiger charge is 2.42. The van der Waals surface area contributed by atoms with Crippen molar-refractivity contribution >= 4 is 10.0 Å². The third-order valence-electron chi connectivity index (χ3n) is 4.08. The first-order valence-electron chi connectivity index (χ1n) is 7.13. The van der Waals surface area contributed by atoms with Gasteiger partial charge >= 0.3 is 0 Å². The Hall–Kier alpha value is -0.910. The predicted octanol–water partition coefficient (Wildman–Crippen LogP) is 2.14. The van der Waals surface area contributed by atoms with E-state index in [-0.39, 0.29) is 17.9 Å². The van der Waals surface area contributed by atoms with Crippen LogP contribution < -0.4 is 0 Å². The normalized spacial score (nSPS) is 24.1. The molecule has 1 aromatic rings. The van der Waals surface area contributed by atoms with E-state index >= 15 is 0 Å². The lowest BCUT2D eigenvalue weighted by molar-refractivity contribution is 0.209. The van der Waals surface area contributed by atoms with Crippen molar-refractivity contribution in [2.45, 2.75) is 43.9 Å². The van der Waals surface area contributed by atoms with Crippen LogP contribution in [-0.4, -0.2) is 36.5 Å². The zero-order valence-corrected chi connectivity index (χ0v) is 12.8. The molecular weight excluding hydrogens is 274 g/mol. The van der Waals surface area contributed by atoms with Gasteiger partial charge in [0.2, 0.25) is 10.0 Å². The molecule has 1 N–H and O–H groups in total. The molecule has 1 aliphatic heterocycles. The molecule has 4 nitrogen and oxygen atoms in total. The maximum absolute atomic E-state index is 12.6. The summed E-state index contributed by atoms with van der Waals surface area (Å²) in [6.45, 7) is 2.71. The fourth-order valence-corrected chi connectivity index (χ4v) is 5.08. The lowest BCUT2D eigenvalue weighted by Crippen LogP contribution is -2.45. The number of benzene rings is 1. The average Bonchev–Trinajstić information content (AvgIpc) is 2.80. The molecule has 1 aromatic carbocycles. The molecule has 1 aliphatic rings. The first-order chi connectivity index (χ1) is 9.48. The molecule has 0 spiro atoms. The first-order valence-corrected chi connectivity index (χ1v) is 8.74.